The van der Waals surface area contributed by atoms with Crippen LogP contribution in [0, 0.1) is 5.92 Å². The molecule has 5 heteroatoms. The van der Waals surface area contributed by atoms with Crippen LogP contribution in [0.25, 0.3) is 0 Å². The largest absolute Gasteiger partial charge is 0.360 e. The average Bonchev–Trinajstić information content (AvgIpc) is 3.01. The number of likely N-dealkylation sites (tertiary alicyclic amines) is 1. The molecule has 0 bridgehead atoms. The SMILES string of the molecule is CC(C)N1CC(NC(=O)c2cc(C3CC3)on2)[C@@H](C)C1. The third kappa shape index (κ3) is 2.73. The van der Waals surface area contributed by atoms with Crippen LogP contribution >= 0.6 is 0 Å². The van der Waals surface area contributed by atoms with Gasteiger partial charge in [-0.25, -0.2) is 0 Å². The van der Waals surface area contributed by atoms with E-state index in [1.54, 1.807) is 6.07 Å². The Balaban J connectivity index is 1.60. The van der Waals surface area contributed by atoms with Crippen molar-refractivity contribution in [2.45, 2.75) is 51.6 Å². The van der Waals surface area contributed by atoms with Gasteiger partial charge in [-0.05, 0) is 32.6 Å². The fourth-order valence-electron chi connectivity index (χ4n) is 2.81. The number of nitrogens with zero attached hydrogens (tertiary/aromatic N) is 2. The average molecular weight is 277 g/mol. The van der Waals surface area contributed by atoms with Crippen LogP contribution in [0.3, 0.4) is 0 Å². The van der Waals surface area contributed by atoms with Crippen LogP contribution in [0.15, 0.2) is 10.6 Å². The smallest absolute Gasteiger partial charge is 0.273 e. The molecule has 0 aromatic carbocycles. The number of rotatable bonds is 4. The molecule has 1 aliphatic heterocycles. The van der Waals surface area contributed by atoms with Crippen molar-refractivity contribution in [1.29, 1.82) is 0 Å². The molecular formula is C15H23N3O2. The molecule has 1 amide bonds. The van der Waals surface area contributed by atoms with E-state index in [9.17, 15) is 4.79 Å². The summed E-state index contributed by atoms with van der Waals surface area (Å²) < 4.78 is 5.24. The van der Waals surface area contributed by atoms with Gasteiger partial charge in [0, 0.05) is 37.2 Å². The molecule has 1 saturated carbocycles. The molecule has 2 aliphatic rings. The van der Waals surface area contributed by atoms with Gasteiger partial charge < -0.3 is 9.84 Å². The van der Waals surface area contributed by atoms with E-state index in [-0.39, 0.29) is 11.9 Å². The molecule has 20 heavy (non-hydrogen) atoms. The molecule has 1 saturated heterocycles. The lowest BCUT2D eigenvalue weighted by Gasteiger charge is -2.20. The molecule has 1 aliphatic carbocycles. The summed E-state index contributed by atoms with van der Waals surface area (Å²) in [6.07, 6.45) is 2.30. The van der Waals surface area contributed by atoms with Crippen LogP contribution in [0.1, 0.15) is 55.8 Å². The molecule has 2 fully saturated rings. The van der Waals surface area contributed by atoms with E-state index in [4.69, 9.17) is 4.52 Å². The highest BCUT2D eigenvalue weighted by atomic mass is 16.5. The number of carbonyl (C=O) groups is 1. The molecule has 2 heterocycles. The van der Waals surface area contributed by atoms with Crippen molar-refractivity contribution in [3.8, 4) is 0 Å². The first-order chi connectivity index (χ1) is 9.54. The number of aromatic nitrogens is 1. The zero-order valence-electron chi connectivity index (χ0n) is 12.4. The lowest BCUT2D eigenvalue weighted by Crippen LogP contribution is -2.40. The van der Waals surface area contributed by atoms with Gasteiger partial charge in [0.05, 0.1) is 0 Å². The highest BCUT2D eigenvalue weighted by Crippen LogP contribution is 2.40. The molecule has 2 atom stereocenters. The van der Waals surface area contributed by atoms with Gasteiger partial charge in [-0.2, -0.15) is 0 Å². The summed E-state index contributed by atoms with van der Waals surface area (Å²) in [6.45, 7) is 8.52. The van der Waals surface area contributed by atoms with Gasteiger partial charge in [-0.3, -0.25) is 9.69 Å². The minimum atomic E-state index is -0.108. The van der Waals surface area contributed by atoms with Gasteiger partial charge in [-0.1, -0.05) is 12.1 Å². The van der Waals surface area contributed by atoms with E-state index in [1.165, 1.54) is 0 Å². The van der Waals surface area contributed by atoms with Gasteiger partial charge in [0.15, 0.2) is 5.69 Å². The van der Waals surface area contributed by atoms with Crippen molar-refractivity contribution >= 4 is 5.91 Å². The Hall–Kier alpha value is -1.36. The summed E-state index contributed by atoms with van der Waals surface area (Å²) in [5, 5.41) is 7.00. The lowest BCUT2D eigenvalue weighted by atomic mass is 10.1. The summed E-state index contributed by atoms with van der Waals surface area (Å²) in [7, 11) is 0. The Morgan fingerprint density at radius 2 is 2.20 bits per heavy atom. The number of nitrogens with one attached hydrogen (secondary N) is 1. The lowest BCUT2D eigenvalue weighted by molar-refractivity contribution is 0.0921. The number of hydrogen-bond donors (Lipinski definition) is 1. The fourth-order valence-corrected chi connectivity index (χ4v) is 2.81. The number of hydrogen-bond acceptors (Lipinski definition) is 4. The third-order valence-electron chi connectivity index (χ3n) is 4.43. The monoisotopic (exact) mass is 277 g/mol. The highest BCUT2D eigenvalue weighted by Gasteiger charge is 2.33. The first-order valence-electron chi connectivity index (χ1n) is 7.56. The zero-order chi connectivity index (χ0) is 14.3. The van der Waals surface area contributed by atoms with Crippen molar-refractivity contribution in [2.75, 3.05) is 13.1 Å². The maximum absolute atomic E-state index is 12.2. The van der Waals surface area contributed by atoms with Crippen molar-refractivity contribution < 1.29 is 9.32 Å². The van der Waals surface area contributed by atoms with E-state index in [0.717, 1.165) is 31.7 Å². The minimum absolute atomic E-state index is 0.108. The molecule has 1 unspecified atom stereocenters. The van der Waals surface area contributed by atoms with Gasteiger partial charge in [0.2, 0.25) is 0 Å². The Morgan fingerprint density at radius 1 is 1.45 bits per heavy atom. The summed E-state index contributed by atoms with van der Waals surface area (Å²) >= 11 is 0. The van der Waals surface area contributed by atoms with Gasteiger partial charge in [-0.15, -0.1) is 0 Å². The van der Waals surface area contributed by atoms with Gasteiger partial charge in [0.1, 0.15) is 5.76 Å². The summed E-state index contributed by atoms with van der Waals surface area (Å²) in [6, 6.07) is 2.52. The van der Waals surface area contributed by atoms with Crippen LogP contribution in [-0.4, -0.2) is 41.1 Å². The molecule has 1 aromatic rings. The molecule has 110 valence electrons. The standard InChI is InChI=1S/C15H23N3O2/c1-9(2)18-7-10(3)13(8-18)16-15(19)12-6-14(20-17-12)11-4-5-11/h6,9-11,13H,4-5,7-8H2,1-3H3,(H,16,19)/t10-,13?/m0/s1. The van der Waals surface area contributed by atoms with E-state index in [2.05, 4.69) is 36.1 Å². The van der Waals surface area contributed by atoms with Crippen LogP contribution < -0.4 is 5.32 Å². The van der Waals surface area contributed by atoms with Crippen molar-refractivity contribution in [3.63, 3.8) is 0 Å². The summed E-state index contributed by atoms with van der Waals surface area (Å²) in [4.78, 5) is 14.6. The Labute approximate surface area is 119 Å². The molecule has 3 rings (SSSR count). The van der Waals surface area contributed by atoms with Crippen molar-refractivity contribution in [2.24, 2.45) is 5.92 Å². The fraction of sp³-hybridized carbons (Fsp3) is 0.733. The maximum Gasteiger partial charge on any atom is 0.273 e. The van der Waals surface area contributed by atoms with Gasteiger partial charge in [0.25, 0.3) is 5.91 Å². The zero-order valence-corrected chi connectivity index (χ0v) is 12.4. The predicted octanol–water partition coefficient (Wildman–Crippen LogP) is 2.01. The molecular weight excluding hydrogens is 254 g/mol. The number of carbonyl (C=O) groups excluding carboxylic acids is 1. The van der Waals surface area contributed by atoms with Crippen molar-refractivity contribution in [1.82, 2.24) is 15.4 Å². The van der Waals surface area contributed by atoms with E-state index in [0.29, 0.717) is 23.6 Å². The Morgan fingerprint density at radius 3 is 2.80 bits per heavy atom. The second-order valence-corrected chi connectivity index (χ2v) is 6.49. The van der Waals surface area contributed by atoms with Gasteiger partial charge >= 0.3 is 0 Å². The first-order valence-corrected chi connectivity index (χ1v) is 7.56. The summed E-state index contributed by atoms with van der Waals surface area (Å²) in [5.41, 5.74) is 0.419. The maximum atomic E-state index is 12.2. The Bertz CT molecular complexity index is 493. The second-order valence-electron chi connectivity index (χ2n) is 6.49. The highest BCUT2D eigenvalue weighted by molar-refractivity contribution is 5.92. The molecule has 0 spiro atoms. The predicted molar refractivity (Wildman–Crippen MR) is 75.6 cm³/mol. The molecule has 1 N–H and O–H groups in total. The molecule has 0 radical (unpaired) electrons. The topological polar surface area (TPSA) is 58.4 Å². The number of amides is 1. The first kappa shape index (κ1) is 13.6. The summed E-state index contributed by atoms with van der Waals surface area (Å²) in [5.74, 6) is 1.71. The second kappa shape index (κ2) is 5.20. The van der Waals surface area contributed by atoms with Crippen LogP contribution in [-0.2, 0) is 0 Å². The third-order valence-corrected chi connectivity index (χ3v) is 4.43. The van der Waals surface area contributed by atoms with E-state index in [1.807, 2.05) is 0 Å². The quantitative estimate of drug-likeness (QED) is 0.914. The minimum Gasteiger partial charge on any atom is -0.360 e. The van der Waals surface area contributed by atoms with E-state index < -0.39 is 0 Å². The Kier molecular flexibility index (Phi) is 3.54. The normalized spacial score (nSPS) is 27.2. The molecule has 5 nitrogen and oxygen atoms in total. The van der Waals surface area contributed by atoms with Crippen LogP contribution in [0.5, 0.6) is 0 Å². The van der Waals surface area contributed by atoms with Crippen LogP contribution in [0.2, 0.25) is 0 Å². The molecule has 1 aromatic heterocycles. The van der Waals surface area contributed by atoms with Crippen LogP contribution in [0.4, 0.5) is 0 Å². The van der Waals surface area contributed by atoms with E-state index >= 15 is 0 Å². The van der Waals surface area contributed by atoms with Crippen molar-refractivity contribution in [3.05, 3.63) is 17.5 Å².